The number of ether oxygens (including phenoxy) is 1. The van der Waals surface area contributed by atoms with Crippen molar-refractivity contribution in [1.29, 1.82) is 0 Å². The first-order valence-corrected chi connectivity index (χ1v) is 8.18. The second-order valence-electron chi connectivity index (χ2n) is 4.45. The van der Waals surface area contributed by atoms with Gasteiger partial charge >= 0.3 is 5.97 Å². The van der Waals surface area contributed by atoms with Crippen molar-refractivity contribution in [2.45, 2.75) is 37.5 Å². The van der Waals surface area contributed by atoms with E-state index in [1.54, 1.807) is 12.1 Å². The summed E-state index contributed by atoms with van der Waals surface area (Å²) in [4.78, 5) is 11.5. The Morgan fingerprint density at radius 3 is 2.55 bits per heavy atom. The van der Waals surface area contributed by atoms with E-state index < -0.39 is 16.0 Å². The topological polar surface area (TPSA) is 72.5 Å². The van der Waals surface area contributed by atoms with Crippen molar-refractivity contribution >= 4 is 16.0 Å². The molecule has 5 nitrogen and oxygen atoms in total. The van der Waals surface area contributed by atoms with Crippen LogP contribution in [0.2, 0.25) is 0 Å². The number of hydrogen-bond donors (Lipinski definition) is 1. The molecule has 0 saturated carbocycles. The zero-order valence-corrected chi connectivity index (χ0v) is 12.7. The summed E-state index contributed by atoms with van der Waals surface area (Å²) in [6.07, 6.45) is 3.95. The number of carbonyl (C=O) groups is 1. The normalized spacial score (nSPS) is 11.3. The monoisotopic (exact) mass is 299 g/mol. The van der Waals surface area contributed by atoms with Crippen molar-refractivity contribution in [3.8, 4) is 0 Å². The van der Waals surface area contributed by atoms with Crippen LogP contribution >= 0.6 is 0 Å². The van der Waals surface area contributed by atoms with Gasteiger partial charge in [-0.1, -0.05) is 38.3 Å². The van der Waals surface area contributed by atoms with E-state index in [1.165, 1.54) is 19.2 Å². The quantitative estimate of drug-likeness (QED) is 0.590. The summed E-state index contributed by atoms with van der Waals surface area (Å²) in [5.41, 5.74) is 0.0519. The molecule has 6 heteroatoms. The first-order chi connectivity index (χ1) is 9.53. The third-order valence-corrected chi connectivity index (χ3v) is 4.42. The van der Waals surface area contributed by atoms with Crippen molar-refractivity contribution in [2.24, 2.45) is 0 Å². The summed E-state index contributed by atoms with van der Waals surface area (Å²) < 4.78 is 31.5. The van der Waals surface area contributed by atoms with Crippen LogP contribution in [0, 0.1) is 0 Å². The van der Waals surface area contributed by atoms with Gasteiger partial charge in [0, 0.05) is 6.54 Å². The van der Waals surface area contributed by atoms with Gasteiger partial charge in [0.05, 0.1) is 17.6 Å². The van der Waals surface area contributed by atoms with Crippen molar-refractivity contribution in [3.63, 3.8) is 0 Å². The Hall–Kier alpha value is -1.40. The van der Waals surface area contributed by atoms with E-state index >= 15 is 0 Å². The molecule has 0 amide bonds. The number of methoxy groups -OCH3 is 1. The molecule has 1 rings (SSSR count). The van der Waals surface area contributed by atoms with Crippen molar-refractivity contribution < 1.29 is 17.9 Å². The van der Waals surface area contributed by atoms with Gasteiger partial charge in [-0.2, -0.15) is 0 Å². The first kappa shape index (κ1) is 16.7. The number of esters is 1. The van der Waals surface area contributed by atoms with E-state index in [9.17, 15) is 13.2 Å². The Bertz CT molecular complexity index is 540. The van der Waals surface area contributed by atoms with Crippen LogP contribution in [0.1, 0.15) is 43.0 Å². The number of carbonyl (C=O) groups excluding carboxylic acids is 1. The molecule has 0 spiro atoms. The highest BCUT2D eigenvalue weighted by Crippen LogP contribution is 2.16. The van der Waals surface area contributed by atoms with Gasteiger partial charge in [0.25, 0.3) is 0 Å². The van der Waals surface area contributed by atoms with Gasteiger partial charge in [-0.15, -0.1) is 0 Å². The minimum absolute atomic E-state index is 0.0395. The van der Waals surface area contributed by atoms with E-state index in [0.717, 1.165) is 25.7 Å². The maximum atomic E-state index is 12.2. The van der Waals surface area contributed by atoms with Crippen molar-refractivity contribution in [2.75, 3.05) is 13.7 Å². The highest BCUT2D eigenvalue weighted by Gasteiger charge is 2.21. The fraction of sp³-hybridized carbons (Fsp3) is 0.500. The maximum Gasteiger partial charge on any atom is 0.339 e. The van der Waals surface area contributed by atoms with Crippen LogP contribution < -0.4 is 4.72 Å². The molecule has 1 aromatic rings. The molecule has 0 aliphatic carbocycles. The summed E-state index contributed by atoms with van der Waals surface area (Å²) in [5, 5.41) is 0. The molecule has 112 valence electrons. The fourth-order valence-electron chi connectivity index (χ4n) is 1.82. The summed E-state index contributed by atoms with van der Waals surface area (Å²) in [7, 11) is -2.46. The average Bonchev–Trinajstić information content (AvgIpc) is 2.46. The van der Waals surface area contributed by atoms with Gasteiger partial charge in [0.1, 0.15) is 0 Å². The largest absolute Gasteiger partial charge is 0.465 e. The predicted molar refractivity (Wildman–Crippen MR) is 77.1 cm³/mol. The van der Waals surface area contributed by atoms with Crippen LogP contribution in [-0.2, 0) is 14.8 Å². The third-order valence-electron chi connectivity index (χ3n) is 2.90. The molecule has 0 aromatic heterocycles. The lowest BCUT2D eigenvalue weighted by Gasteiger charge is -2.10. The second-order valence-corrected chi connectivity index (χ2v) is 6.18. The van der Waals surface area contributed by atoms with Crippen LogP contribution in [0.5, 0.6) is 0 Å². The van der Waals surface area contributed by atoms with Gasteiger partial charge in [0.15, 0.2) is 0 Å². The predicted octanol–water partition coefficient (Wildman–Crippen LogP) is 2.33. The van der Waals surface area contributed by atoms with Gasteiger partial charge in [-0.05, 0) is 18.6 Å². The van der Waals surface area contributed by atoms with E-state index in [-0.39, 0.29) is 10.5 Å². The SMILES string of the molecule is CCCCCCNS(=O)(=O)c1ccccc1C(=O)OC. The van der Waals surface area contributed by atoms with Crippen molar-refractivity contribution in [3.05, 3.63) is 29.8 Å². The van der Waals surface area contributed by atoms with E-state index in [2.05, 4.69) is 16.4 Å². The number of unbranched alkanes of at least 4 members (excludes halogenated alkanes) is 3. The molecular weight excluding hydrogens is 278 g/mol. The van der Waals surface area contributed by atoms with Crippen LogP contribution in [-0.4, -0.2) is 28.0 Å². The smallest absolute Gasteiger partial charge is 0.339 e. The molecule has 0 saturated heterocycles. The molecular formula is C14H21NO4S. The summed E-state index contributed by atoms with van der Waals surface area (Å²) in [5.74, 6) is -0.656. The lowest BCUT2D eigenvalue weighted by molar-refractivity contribution is 0.0596. The minimum Gasteiger partial charge on any atom is -0.465 e. The second kappa shape index (κ2) is 8.01. The number of benzene rings is 1. The highest BCUT2D eigenvalue weighted by atomic mass is 32.2. The Labute approximate surface area is 120 Å². The summed E-state index contributed by atoms with van der Waals surface area (Å²) in [6, 6.07) is 6.03. The molecule has 0 radical (unpaired) electrons. The molecule has 0 aliphatic rings. The number of rotatable bonds is 8. The van der Waals surface area contributed by atoms with E-state index in [4.69, 9.17) is 0 Å². The molecule has 0 bridgehead atoms. The molecule has 0 unspecified atom stereocenters. The lowest BCUT2D eigenvalue weighted by Crippen LogP contribution is -2.26. The minimum atomic E-state index is -3.68. The molecule has 0 fully saturated rings. The van der Waals surface area contributed by atoms with Crippen molar-refractivity contribution in [1.82, 2.24) is 4.72 Å². The fourth-order valence-corrected chi connectivity index (χ4v) is 3.08. The van der Waals surface area contributed by atoms with Gasteiger partial charge < -0.3 is 4.74 Å². The standard InChI is InChI=1S/C14H21NO4S/c1-3-4-5-8-11-15-20(17,18)13-10-7-6-9-12(13)14(16)19-2/h6-7,9-10,15H,3-5,8,11H2,1-2H3. The third kappa shape index (κ3) is 4.61. The number of nitrogens with one attached hydrogen (secondary N) is 1. The summed E-state index contributed by atoms with van der Waals surface area (Å²) in [6.45, 7) is 2.47. The maximum absolute atomic E-state index is 12.2. The molecule has 1 N–H and O–H groups in total. The van der Waals surface area contributed by atoms with Gasteiger partial charge in [0.2, 0.25) is 10.0 Å². The Kier molecular flexibility index (Phi) is 6.67. The zero-order chi connectivity index (χ0) is 15.0. The lowest BCUT2D eigenvalue weighted by atomic mass is 10.2. The van der Waals surface area contributed by atoms with E-state index in [0.29, 0.717) is 6.54 Å². The molecule has 20 heavy (non-hydrogen) atoms. The average molecular weight is 299 g/mol. The first-order valence-electron chi connectivity index (χ1n) is 6.70. The number of sulfonamides is 1. The van der Waals surface area contributed by atoms with Gasteiger partial charge in [-0.25, -0.2) is 17.9 Å². The van der Waals surface area contributed by atoms with E-state index in [1.807, 2.05) is 0 Å². The molecule has 0 aliphatic heterocycles. The zero-order valence-electron chi connectivity index (χ0n) is 11.9. The molecule has 0 heterocycles. The molecule has 0 atom stereocenters. The highest BCUT2D eigenvalue weighted by molar-refractivity contribution is 7.89. The Balaban J connectivity index is 2.80. The Morgan fingerprint density at radius 1 is 1.20 bits per heavy atom. The van der Waals surface area contributed by atoms with Crippen LogP contribution in [0.4, 0.5) is 0 Å². The van der Waals surface area contributed by atoms with Crippen LogP contribution in [0.25, 0.3) is 0 Å². The van der Waals surface area contributed by atoms with Crippen LogP contribution in [0.3, 0.4) is 0 Å². The van der Waals surface area contributed by atoms with Crippen LogP contribution in [0.15, 0.2) is 29.2 Å². The van der Waals surface area contributed by atoms with Gasteiger partial charge in [-0.3, -0.25) is 0 Å². The molecule has 1 aromatic carbocycles. The Morgan fingerprint density at radius 2 is 1.90 bits per heavy atom. The number of hydrogen-bond acceptors (Lipinski definition) is 4. The summed E-state index contributed by atoms with van der Waals surface area (Å²) >= 11 is 0.